The Labute approximate surface area is 192 Å². The van der Waals surface area contributed by atoms with E-state index < -0.39 is 17.6 Å². The van der Waals surface area contributed by atoms with Gasteiger partial charge in [0.05, 0.1) is 0 Å². The molecule has 2 fully saturated rings. The van der Waals surface area contributed by atoms with Crippen molar-refractivity contribution in [3.63, 3.8) is 0 Å². The Morgan fingerprint density at radius 3 is 2.21 bits per heavy atom. The summed E-state index contributed by atoms with van der Waals surface area (Å²) in [5.41, 5.74) is 3.68. The van der Waals surface area contributed by atoms with E-state index in [1.807, 2.05) is 24.3 Å². The molecule has 3 aliphatic carbocycles. The fourth-order valence-electron chi connectivity index (χ4n) is 5.30. The van der Waals surface area contributed by atoms with Crippen LogP contribution in [0.1, 0.15) is 55.6 Å². The van der Waals surface area contributed by atoms with Gasteiger partial charge in [0.2, 0.25) is 5.91 Å². The van der Waals surface area contributed by atoms with Crippen LogP contribution < -0.4 is 10.6 Å². The van der Waals surface area contributed by atoms with E-state index in [4.69, 9.17) is 4.74 Å². The van der Waals surface area contributed by atoms with Crippen LogP contribution in [0.3, 0.4) is 0 Å². The molecule has 5 rings (SSSR count). The number of carboxylic acids is 1. The first kappa shape index (κ1) is 21.5. The van der Waals surface area contributed by atoms with Crippen LogP contribution in [-0.2, 0) is 14.3 Å². The maximum absolute atomic E-state index is 12.5. The van der Waals surface area contributed by atoms with Crippen molar-refractivity contribution in [3.8, 4) is 11.1 Å². The zero-order chi connectivity index (χ0) is 23.0. The number of rotatable bonds is 7. The van der Waals surface area contributed by atoms with E-state index in [1.165, 1.54) is 22.3 Å². The molecule has 2 saturated carbocycles. The molecule has 0 bridgehead atoms. The number of hydrogen-bond donors (Lipinski definition) is 3. The normalized spacial score (nSPS) is 22.2. The van der Waals surface area contributed by atoms with Crippen molar-refractivity contribution in [1.29, 1.82) is 0 Å². The first-order valence-corrected chi connectivity index (χ1v) is 11.6. The Bertz CT molecular complexity index is 1050. The molecule has 7 heteroatoms. The lowest BCUT2D eigenvalue weighted by molar-refractivity contribution is -0.143. The van der Waals surface area contributed by atoms with Crippen LogP contribution in [0.4, 0.5) is 4.79 Å². The average Bonchev–Trinajstić information content (AvgIpc) is 3.34. The minimum atomic E-state index is -1.05. The van der Waals surface area contributed by atoms with Crippen LogP contribution in [0.15, 0.2) is 48.5 Å². The molecule has 0 spiro atoms. The van der Waals surface area contributed by atoms with E-state index in [2.05, 4.69) is 34.9 Å². The van der Waals surface area contributed by atoms with Crippen molar-refractivity contribution in [2.45, 2.75) is 56.0 Å². The fraction of sp³-hybridized carbons (Fsp3) is 0.423. The van der Waals surface area contributed by atoms with Crippen LogP contribution in [0.2, 0.25) is 0 Å². The van der Waals surface area contributed by atoms with Crippen molar-refractivity contribution < 1.29 is 24.2 Å². The number of benzene rings is 2. The number of carbonyl (C=O) groups is 3. The van der Waals surface area contributed by atoms with E-state index in [9.17, 15) is 19.5 Å². The highest BCUT2D eigenvalue weighted by atomic mass is 16.5. The fourth-order valence-corrected chi connectivity index (χ4v) is 5.30. The molecule has 2 aromatic rings. The number of aliphatic carboxylic acids is 1. The number of carbonyl (C=O) groups excluding carboxylic acids is 2. The third kappa shape index (κ3) is 4.32. The van der Waals surface area contributed by atoms with Crippen molar-refractivity contribution in [2.75, 3.05) is 6.61 Å². The van der Waals surface area contributed by atoms with Gasteiger partial charge in [-0.2, -0.15) is 0 Å². The van der Waals surface area contributed by atoms with Gasteiger partial charge in [-0.3, -0.25) is 4.79 Å². The van der Waals surface area contributed by atoms with E-state index in [-0.39, 0.29) is 36.8 Å². The van der Waals surface area contributed by atoms with Gasteiger partial charge in [-0.15, -0.1) is 0 Å². The predicted molar refractivity (Wildman–Crippen MR) is 122 cm³/mol. The molecule has 0 radical (unpaired) electrons. The summed E-state index contributed by atoms with van der Waals surface area (Å²) in [6.45, 7) is 0.273. The number of hydrogen-bond acceptors (Lipinski definition) is 4. The minimum absolute atomic E-state index is 0.0205. The largest absolute Gasteiger partial charge is 0.480 e. The van der Waals surface area contributed by atoms with Crippen LogP contribution in [0.5, 0.6) is 0 Å². The molecule has 0 aliphatic heterocycles. The van der Waals surface area contributed by atoms with Gasteiger partial charge in [-0.25, -0.2) is 9.59 Å². The number of ether oxygens (including phenoxy) is 1. The highest BCUT2D eigenvalue weighted by Crippen LogP contribution is 2.44. The highest BCUT2D eigenvalue weighted by molar-refractivity contribution is 5.89. The van der Waals surface area contributed by atoms with E-state index in [0.29, 0.717) is 19.3 Å². The van der Waals surface area contributed by atoms with Gasteiger partial charge in [0.1, 0.15) is 12.1 Å². The molecular weight excluding hydrogens is 420 g/mol. The highest BCUT2D eigenvalue weighted by Gasteiger charge is 2.51. The molecule has 0 unspecified atom stereocenters. The molecule has 0 heterocycles. The summed E-state index contributed by atoms with van der Waals surface area (Å²) in [4.78, 5) is 36.0. The maximum atomic E-state index is 12.5. The second-order valence-electron chi connectivity index (χ2n) is 9.49. The average molecular weight is 449 g/mol. The maximum Gasteiger partial charge on any atom is 0.407 e. The van der Waals surface area contributed by atoms with Gasteiger partial charge in [0.15, 0.2) is 0 Å². The molecule has 2 atom stereocenters. The molecule has 7 nitrogen and oxygen atoms in total. The van der Waals surface area contributed by atoms with Gasteiger partial charge >= 0.3 is 12.1 Å². The lowest BCUT2D eigenvalue weighted by Crippen LogP contribution is -2.43. The number of fused-ring (bicyclic) bond motifs is 3. The SMILES string of the molecule is O=C(C[C@H]1CC[C@@H](NC(=O)OCC2c3ccccc3-c3ccccc32)C1)NC1(C(=O)O)CC1. The zero-order valence-electron chi connectivity index (χ0n) is 18.4. The summed E-state index contributed by atoms with van der Waals surface area (Å²) in [7, 11) is 0. The Morgan fingerprint density at radius 2 is 1.61 bits per heavy atom. The topological polar surface area (TPSA) is 105 Å². The third-order valence-electron chi connectivity index (χ3n) is 7.22. The monoisotopic (exact) mass is 448 g/mol. The number of alkyl carbamates (subject to hydrolysis) is 1. The van der Waals surface area contributed by atoms with Crippen LogP contribution >= 0.6 is 0 Å². The smallest absolute Gasteiger partial charge is 0.407 e. The third-order valence-corrected chi connectivity index (χ3v) is 7.22. The number of carboxylic acid groups (broad SMARTS) is 1. The molecule has 0 aromatic heterocycles. The Balaban J connectivity index is 1.11. The predicted octanol–water partition coefficient (Wildman–Crippen LogP) is 3.82. The number of nitrogens with one attached hydrogen (secondary N) is 2. The minimum Gasteiger partial charge on any atom is -0.480 e. The second-order valence-corrected chi connectivity index (χ2v) is 9.49. The molecule has 3 N–H and O–H groups in total. The van der Waals surface area contributed by atoms with Crippen molar-refractivity contribution in [2.24, 2.45) is 5.92 Å². The summed E-state index contributed by atoms with van der Waals surface area (Å²) >= 11 is 0. The Morgan fingerprint density at radius 1 is 0.970 bits per heavy atom. The van der Waals surface area contributed by atoms with Crippen molar-refractivity contribution >= 4 is 18.0 Å². The molecule has 2 amide bonds. The lowest BCUT2D eigenvalue weighted by Gasteiger charge is -2.17. The molecule has 3 aliphatic rings. The summed E-state index contributed by atoms with van der Waals surface area (Å²) in [6.07, 6.45) is 3.13. The Hall–Kier alpha value is -3.35. The van der Waals surface area contributed by atoms with Gasteiger partial charge in [0, 0.05) is 18.4 Å². The standard InChI is InChI=1S/C26H28N2O5/c29-23(28-26(11-12-26)24(30)31)14-16-9-10-17(13-16)27-25(32)33-15-22-20-7-3-1-5-18(20)19-6-2-4-8-21(19)22/h1-8,16-17,22H,9-15H2,(H,27,32)(H,28,29)(H,30,31)/t16-,17+/m0/s1. The van der Waals surface area contributed by atoms with E-state index >= 15 is 0 Å². The van der Waals surface area contributed by atoms with Gasteiger partial charge in [0.25, 0.3) is 0 Å². The summed E-state index contributed by atoms with van der Waals surface area (Å²) < 4.78 is 5.62. The molecule has 0 saturated heterocycles. The van der Waals surface area contributed by atoms with E-state index in [1.54, 1.807) is 0 Å². The summed E-state index contributed by atoms with van der Waals surface area (Å²) in [5, 5.41) is 14.8. The molecular formula is C26H28N2O5. The Kier molecular flexibility index (Phi) is 5.56. The molecule has 33 heavy (non-hydrogen) atoms. The lowest BCUT2D eigenvalue weighted by atomic mass is 9.98. The molecule has 2 aromatic carbocycles. The molecule has 172 valence electrons. The van der Waals surface area contributed by atoms with Crippen LogP contribution in [-0.4, -0.2) is 41.3 Å². The van der Waals surface area contributed by atoms with Crippen LogP contribution in [0, 0.1) is 5.92 Å². The van der Waals surface area contributed by atoms with Crippen molar-refractivity contribution in [1.82, 2.24) is 10.6 Å². The first-order valence-electron chi connectivity index (χ1n) is 11.6. The first-order chi connectivity index (χ1) is 15.9. The zero-order valence-corrected chi connectivity index (χ0v) is 18.4. The van der Waals surface area contributed by atoms with Crippen molar-refractivity contribution in [3.05, 3.63) is 59.7 Å². The van der Waals surface area contributed by atoms with Crippen LogP contribution in [0.25, 0.3) is 11.1 Å². The number of amides is 2. The second kappa shape index (κ2) is 8.54. The summed E-state index contributed by atoms with van der Waals surface area (Å²) in [6, 6.07) is 16.4. The van der Waals surface area contributed by atoms with Gasteiger partial charge in [-0.1, -0.05) is 48.5 Å². The van der Waals surface area contributed by atoms with E-state index in [0.717, 1.165) is 12.8 Å². The quantitative estimate of drug-likeness (QED) is 0.597. The van der Waals surface area contributed by atoms with Gasteiger partial charge in [-0.05, 0) is 60.3 Å². The summed E-state index contributed by atoms with van der Waals surface area (Å²) in [5.74, 6) is -1.03. The van der Waals surface area contributed by atoms with Gasteiger partial charge < -0.3 is 20.5 Å².